The second-order valence-corrected chi connectivity index (χ2v) is 8.57. The number of halogens is 2. The van der Waals surface area contributed by atoms with Crippen molar-refractivity contribution in [3.8, 4) is 0 Å². The van der Waals surface area contributed by atoms with E-state index < -0.39 is 23.6 Å². The van der Waals surface area contributed by atoms with Crippen molar-refractivity contribution in [3.63, 3.8) is 0 Å². The van der Waals surface area contributed by atoms with Gasteiger partial charge in [0.2, 0.25) is 0 Å². The molecule has 3 heterocycles. The van der Waals surface area contributed by atoms with Gasteiger partial charge in [-0.2, -0.15) is 5.10 Å². The Morgan fingerprint density at radius 3 is 2.65 bits per heavy atom. The highest BCUT2D eigenvalue weighted by Gasteiger charge is 2.18. The summed E-state index contributed by atoms with van der Waals surface area (Å²) in [6.07, 6.45) is 1.46. The Morgan fingerprint density at radius 2 is 1.88 bits per heavy atom. The van der Waals surface area contributed by atoms with Gasteiger partial charge in [0, 0.05) is 23.6 Å². The van der Waals surface area contributed by atoms with Crippen LogP contribution in [0.2, 0.25) is 5.02 Å². The monoisotopic (exact) mass is 501 g/mol. The number of hydrogen-bond acceptors (Lipinski definition) is 7. The van der Waals surface area contributed by atoms with Crippen LogP contribution >= 0.6 is 22.9 Å². The van der Waals surface area contributed by atoms with Crippen molar-refractivity contribution in [1.29, 1.82) is 0 Å². The van der Waals surface area contributed by atoms with Crippen molar-refractivity contribution in [2.75, 3.05) is 7.11 Å². The van der Waals surface area contributed by atoms with E-state index in [4.69, 9.17) is 11.6 Å². The Kier molecular flexibility index (Phi) is 6.85. The molecule has 0 saturated carbocycles. The number of hydrogen-bond donors (Lipinski definition) is 2. The molecule has 0 unspecified atom stereocenters. The van der Waals surface area contributed by atoms with Crippen molar-refractivity contribution in [3.05, 3.63) is 86.2 Å². The fourth-order valence-electron chi connectivity index (χ4n) is 3.05. The maximum Gasteiger partial charge on any atom is 0.348 e. The Bertz CT molecular complexity index is 1400. The summed E-state index contributed by atoms with van der Waals surface area (Å²) in [4.78, 5) is 42.6. The average molecular weight is 502 g/mol. The second kappa shape index (κ2) is 9.98. The van der Waals surface area contributed by atoms with Crippen LogP contribution in [0, 0.1) is 5.82 Å². The van der Waals surface area contributed by atoms with E-state index >= 15 is 0 Å². The number of nitrogens with one attached hydrogen (secondary N) is 2. The zero-order valence-corrected chi connectivity index (χ0v) is 19.2. The van der Waals surface area contributed by atoms with Gasteiger partial charge in [0.15, 0.2) is 5.65 Å². The molecule has 0 spiro atoms. The van der Waals surface area contributed by atoms with Crippen LogP contribution in [0.1, 0.15) is 41.1 Å². The zero-order chi connectivity index (χ0) is 24.2. The number of carbonyl (C=O) groups is 3. The van der Waals surface area contributed by atoms with E-state index in [1.165, 1.54) is 53.4 Å². The normalized spacial score (nSPS) is 10.8. The molecular weight excluding hydrogens is 485 g/mol. The second-order valence-electron chi connectivity index (χ2n) is 7.00. The standard InChI is InChI=1S/C22H17ClFN5O4S/c1-33-22(32)18-5-3-13(34-18)11-26-21(31)17-9-16(28-19-6-7-27-29(17)19)20(30)25-10-12-2-4-15(24)14(23)8-12/h2-9H,10-11H2,1H3,(H,25,30)(H,26,31). The molecule has 34 heavy (non-hydrogen) atoms. The molecule has 12 heteroatoms. The van der Waals surface area contributed by atoms with Gasteiger partial charge in [-0.15, -0.1) is 11.3 Å². The largest absolute Gasteiger partial charge is 0.465 e. The third kappa shape index (κ3) is 5.05. The predicted molar refractivity (Wildman–Crippen MR) is 122 cm³/mol. The number of thiophene rings is 1. The predicted octanol–water partition coefficient (Wildman–Crippen LogP) is 3.23. The highest BCUT2D eigenvalue weighted by Crippen LogP contribution is 2.18. The van der Waals surface area contributed by atoms with E-state index in [0.717, 1.165) is 4.88 Å². The van der Waals surface area contributed by atoms with Crippen LogP contribution in [-0.4, -0.2) is 39.5 Å². The summed E-state index contributed by atoms with van der Waals surface area (Å²) in [5, 5.41) is 9.48. The number of nitrogens with zero attached hydrogens (tertiary/aromatic N) is 3. The van der Waals surface area contributed by atoms with E-state index in [1.54, 1.807) is 18.2 Å². The molecule has 0 aliphatic rings. The lowest BCUT2D eigenvalue weighted by atomic mass is 10.2. The molecule has 0 atom stereocenters. The molecule has 0 aliphatic heterocycles. The molecule has 0 aliphatic carbocycles. The van der Waals surface area contributed by atoms with Gasteiger partial charge in [-0.25, -0.2) is 18.7 Å². The van der Waals surface area contributed by atoms with Crippen LogP contribution in [0.4, 0.5) is 4.39 Å². The average Bonchev–Trinajstić information content (AvgIpc) is 3.51. The van der Waals surface area contributed by atoms with Crippen molar-refractivity contribution in [2.24, 2.45) is 0 Å². The molecule has 4 rings (SSSR count). The van der Waals surface area contributed by atoms with Gasteiger partial charge in [0.25, 0.3) is 11.8 Å². The summed E-state index contributed by atoms with van der Waals surface area (Å²) >= 11 is 6.98. The fourth-order valence-corrected chi connectivity index (χ4v) is 4.12. The molecule has 1 aromatic carbocycles. The van der Waals surface area contributed by atoms with Crippen LogP contribution in [0.3, 0.4) is 0 Å². The minimum atomic E-state index is -0.552. The molecule has 0 fully saturated rings. The fraction of sp³-hybridized carbons (Fsp3) is 0.136. The van der Waals surface area contributed by atoms with Gasteiger partial charge in [-0.1, -0.05) is 17.7 Å². The van der Waals surface area contributed by atoms with Gasteiger partial charge in [0.05, 0.1) is 24.9 Å². The van der Waals surface area contributed by atoms with E-state index in [-0.39, 0.29) is 29.5 Å². The number of esters is 1. The Hall–Kier alpha value is -3.83. The maximum atomic E-state index is 13.3. The van der Waals surface area contributed by atoms with Crippen molar-refractivity contribution >= 4 is 46.4 Å². The number of carbonyl (C=O) groups excluding carboxylic acids is 3. The highest BCUT2D eigenvalue weighted by atomic mass is 35.5. The number of fused-ring (bicyclic) bond motifs is 1. The lowest BCUT2D eigenvalue weighted by molar-refractivity contribution is 0.0606. The van der Waals surface area contributed by atoms with Gasteiger partial charge in [-0.3, -0.25) is 9.59 Å². The van der Waals surface area contributed by atoms with Crippen molar-refractivity contribution in [1.82, 2.24) is 25.2 Å². The lowest BCUT2D eigenvalue weighted by Crippen LogP contribution is -2.28. The molecular formula is C22H17ClFN5O4S. The number of methoxy groups -OCH3 is 1. The third-order valence-electron chi connectivity index (χ3n) is 4.73. The summed E-state index contributed by atoms with van der Waals surface area (Å²) in [7, 11) is 1.30. The summed E-state index contributed by atoms with van der Waals surface area (Å²) in [5.74, 6) is -2.01. The topological polar surface area (TPSA) is 115 Å². The Balaban J connectivity index is 1.49. The Labute approximate surface area is 201 Å². The molecule has 3 aromatic heterocycles. The molecule has 174 valence electrons. The summed E-state index contributed by atoms with van der Waals surface area (Å²) < 4.78 is 19.3. The molecule has 2 amide bonds. The van der Waals surface area contributed by atoms with Gasteiger partial charge < -0.3 is 15.4 Å². The third-order valence-corrected chi connectivity index (χ3v) is 6.09. The van der Waals surface area contributed by atoms with E-state index in [2.05, 4.69) is 25.5 Å². The summed E-state index contributed by atoms with van der Waals surface area (Å²) in [6.45, 7) is 0.256. The van der Waals surface area contributed by atoms with E-state index in [0.29, 0.717) is 16.1 Å². The van der Waals surface area contributed by atoms with Crippen molar-refractivity contribution in [2.45, 2.75) is 13.1 Å². The molecule has 0 bridgehead atoms. The Morgan fingerprint density at radius 1 is 1.09 bits per heavy atom. The van der Waals surface area contributed by atoms with Crippen LogP contribution in [0.15, 0.2) is 48.7 Å². The van der Waals surface area contributed by atoms with E-state index in [1.807, 2.05) is 0 Å². The first kappa shape index (κ1) is 23.3. The van der Waals surface area contributed by atoms with E-state index in [9.17, 15) is 18.8 Å². The van der Waals surface area contributed by atoms with Gasteiger partial charge >= 0.3 is 5.97 Å². The summed E-state index contributed by atoms with van der Waals surface area (Å²) in [5.41, 5.74) is 1.03. The first-order chi connectivity index (χ1) is 16.4. The smallest absolute Gasteiger partial charge is 0.348 e. The molecule has 0 saturated heterocycles. The van der Waals surface area contributed by atoms with Gasteiger partial charge in [-0.05, 0) is 29.8 Å². The van der Waals surface area contributed by atoms with Crippen LogP contribution < -0.4 is 10.6 Å². The quantitative estimate of drug-likeness (QED) is 0.376. The first-order valence-corrected chi connectivity index (χ1v) is 11.1. The first-order valence-electron chi connectivity index (χ1n) is 9.88. The minimum Gasteiger partial charge on any atom is -0.465 e. The molecule has 2 N–H and O–H groups in total. The number of benzene rings is 1. The minimum absolute atomic E-state index is 0.00968. The maximum absolute atomic E-state index is 13.3. The number of amides is 2. The van der Waals surface area contributed by atoms with Crippen LogP contribution in [-0.2, 0) is 17.8 Å². The zero-order valence-electron chi connectivity index (χ0n) is 17.7. The molecule has 0 radical (unpaired) electrons. The highest BCUT2D eigenvalue weighted by molar-refractivity contribution is 7.13. The molecule has 9 nitrogen and oxygen atoms in total. The van der Waals surface area contributed by atoms with Crippen LogP contribution in [0.25, 0.3) is 5.65 Å². The molecule has 4 aromatic rings. The SMILES string of the molecule is COC(=O)c1ccc(CNC(=O)c2cc(C(=O)NCc3ccc(F)c(Cl)c3)nc3ccnn23)s1. The lowest BCUT2D eigenvalue weighted by Gasteiger charge is -2.09. The number of aromatic nitrogens is 3. The summed E-state index contributed by atoms with van der Waals surface area (Å²) in [6, 6.07) is 10.4. The van der Waals surface area contributed by atoms with Crippen molar-refractivity contribution < 1.29 is 23.5 Å². The van der Waals surface area contributed by atoms with Gasteiger partial charge in [0.1, 0.15) is 22.1 Å². The number of ether oxygens (including phenoxy) is 1. The number of rotatable bonds is 7. The van der Waals surface area contributed by atoms with Crippen LogP contribution in [0.5, 0.6) is 0 Å².